The summed E-state index contributed by atoms with van der Waals surface area (Å²) in [6.07, 6.45) is 12.8. The lowest BCUT2D eigenvalue weighted by Crippen LogP contribution is -2.29. The first-order valence-corrected chi connectivity index (χ1v) is 11.7. The maximum atomic E-state index is 11.6. The SMILES string of the molecule is COC(=O)C1(CCBr)CCCC1.COC(=O)C1(CCSC)CCCC1. The molecule has 0 atom stereocenters. The van der Waals surface area contributed by atoms with E-state index in [-0.39, 0.29) is 22.8 Å². The van der Waals surface area contributed by atoms with Gasteiger partial charge in [-0.3, -0.25) is 9.59 Å². The monoisotopic (exact) mass is 436 g/mol. The number of ether oxygens (including phenoxy) is 2. The molecule has 0 unspecified atom stereocenters. The average molecular weight is 437 g/mol. The highest BCUT2D eigenvalue weighted by molar-refractivity contribution is 9.09. The predicted octanol–water partition coefficient (Wildman–Crippen LogP) is 4.98. The molecule has 0 N–H and O–H groups in total. The normalized spacial score (nSPS) is 20.5. The van der Waals surface area contributed by atoms with Gasteiger partial charge in [-0.2, -0.15) is 11.8 Å². The number of hydrogen-bond acceptors (Lipinski definition) is 5. The molecule has 0 aliphatic heterocycles. The first kappa shape index (κ1) is 22.8. The molecule has 2 saturated carbocycles. The van der Waals surface area contributed by atoms with Gasteiger partial charge in [0.2, 0.25) is 0 Å². The maximum Gasteiger partial charge on any atom is 0.311 e. The molecule has 25 heavy (non-hydrogen) atoms. The summed E-state index contributed by atoms with van der Waals surface area (Å²) in [6, 6.07) is 0. The van der Waals surface area contributed by atoms with Crippen LogP contribution in [0.4, 0.5) is 0 Å². The van der Waals surface area contributed by atoms with E-state index in [0.29, 0.717) is 0 Å². The molecule has 2 aliphatic carbocycles. The lowest BCUT2D eigenvalue weighted by Gasteiger charge is -2.25. The summed E-state index contributed by atoms with van der Waals surface area (Å²) in [5.74, 6) is 1.06. The number of rotatable bonds is 7. The Kier molecular flexibility index (Phi) is 10.5. The van der Waals surface area contributed by atoms with Gasteiger partial charge in [-0.25, -0.2) is 0 Å². The number of thioether (sulfide) groups is 1. The Morgan fingerprint density at radius 1 is 0.880 bits per heavy atom. The van der Waals surface area contributed by atoms with E-state index in [1.165, 1.54) is 39.9 Å². The molecule has 0 amide bonds. The van der Waals surface area contributed by atoms with E-state index in [0.717, 1.165) is 49.6 Å². The zero-order valence-electron chi connectivity index (χ0n) is 15.9. The smallest absolute Gasteiger partial charge is 0.311 e. The quantitative estimate of drug-likeness (QED) is 0.416. The Morgan fingerprint density at radius 3 is 1.60 bits per heavy atom. The fourth-order valence-electron chi connectivity index (χ4n) is 4.13. The Labute approximate surface area is 165 Å². The molecule has 0 aromatic carbocycles. The number of hydrogen-bond donors (Lipinski definition) is 0. The predicted molar refractivity (Wildman–Crippen MR) is 107 cm³/mol. The molecule has 0 radical (unpaired) electrons. The van der Waals surface area contributed by atoms with Crippen LogP contribution in [0.3, 0.4) is 0 Å². The number of alkyl halides is 1. The summed E-state index contributed by atoms with van der Waals surface area (Å²) >= 11 is 5.19. The van der Waals surface area contributed by atoms with Crippen molar-refractivity contribution in [2.45, 2.75) is 64.2 Å². The molecule has 0 aromatic rings. The lowest BCUT2D eigenvalue weighted by molar-refractivity contribution is -0.153. The van der Waals surface area contributed by atoms with Crippen molar-refractivity contribution in [3.8, 4) is 0 Å². The fraction of sp³-hybridized carbons (Fsp3) is 0.895. The first-order valence-electron chi connectivity index (χ1n) is 9.22. The molecule has 4 nitrogen and oxygen atoms in total. The molecule has 0 aromatic heterocycles. The number of carbonyl (C=O) groups excluding carboxylic acids is 2. The summed E-state index contributed by atoms with van der Waals surface area (Å²) in [6.45, 7) is 0. The van der Waals surface area contributed by atoms with Crippen LogP contribution < -0.4 is 0 Å². The van der Waals surface area contributed by atoms with Gasteiger partial charge in [0.05, 0.1) is 25.0 Å². The summed E-state index contributed by atoms with van der Waals surface area (Å²) in [4.78, 5) is 23.1. The van der Waals surface area contributed by atoms with Crippen molar-refractivity contribution in [2.24, 2.45) is 10.8 Å². The minimum atomic E-state index is -0.155. The molecular weight excluding hydrogens is 404 g/mol. The Hall–Kier alpha value is -0.230. The summed E-state index contributed by atoms with van der Waals surface area (Å²) in [7, 11) is 2.98. The summed E-state index contributed by atoms with van der Waals surface area (Å²) < 4.78 is 9.72. The molecule has 0 heterocycles. The Bertz CT molecular complexity index is 416. The highest BCUT2D eigenvalue weighted by Gasteiger charge is 2.42. The van der Waals surface area contributed by atoms with Gasteiger partial charge in [0.1, 0.15) is 0 Å². The molecule has 2 fully saturated rings. The number of methoxy groups -OCH3 is 2. The number of esters is 2. The standard InChI is InChI=1S/C10H18O2S.C9H15BrO2/c1-12-9(11)10(7-8-13-2)5-3-4-6-10;1-12-8(11)9(6-7-10)4-2-3-5-9/h3-8H2,1-2H3;2-7H2,1H3. The highest BCUT2D eigenvalue weighted by Crippen LogP contribution is 2.43. The van der Waals surface area contributed by atoms with Crippen LogP contribution in [-0.2, 0) is 19.1 Å². The molecule has 6 heteroatoms. The van der Waals surface area contributed by atoms with Crippen molar-refractivity contribution in [3.05, 3.63) is 0 Å². The van der Waals surface area contributed by atoms with Crippen molar-refractivity contribution in [3.63, 3.8) is 0 Å². The summed E-state index contributed by atoms with van der Waals surface area (Å²) in [5, 5.41) is 0.891. The van der Waals surface area contributed by atoms with Crippen LogP contribution in [0.2, 0.25) is 0 Å². The van der Waals surface area contributed by atoms with E-state index < -0.39 is 0 Å². The largest absolute Gasteiger partial charge is 0.469 e. The third kappa shape index (κ3) is 6.16. The molecule has 0 saturated heterocycles. The second-order valence-corrected chi connectivity index (χ2v) is 8.92. The maximum absolute atomic E-state index is 11.6. The van der Waals surface area contributed by atoms with Crippen LogP contribution in [0.25, 0.3) is 0 Å². The second kappa shape index (κ2) is 11.5. The molecule has 0 spiro atoms. The first-order chi connectivity index (χ1) is 12.0. The third-order valence-electron chi connectivity index (χ3n) is 5.72. The minimum Gasteiger partial charge on any atom is -0.469 e. The average Bonchev–Trinajstić information content (AvgIpc) is 3.30. The highest BCUT2D eigenvalue weighted by atomic mass is 79.9. The zero-order valence-corrected chi connectivity index (χ0v) is 18.3. The molecular formula is C19H33BrO4S. The van der Waals surface area contributed by atoms with Gasteiger partial charge in [0, 0.05) is 5.33 Å². The molecule has 146 valence electrons. The van der Waals surface area contributed by atoms with Gasteiger partial charge in [0.25, 0.3) is 0 Å². The molecule has 2 rings (SSSR count). The lowest BCUT2D eigenvalue weighted by atomic mass is 9.83. The molecule has 0 bridgehead atoms. The third-order valence-corrected chi connectivity index (χ3v) is 6.72. The fourth-order valence-corrected chi connectivity index (χ4v) is 5.48. The van der Waals surface area contributed by atoms with E-state index in [1.54, 1.807) is 0 Å². The van der Waals surface area contributed by atoms with E-state index >= 15 is 0 Å². The van der Waals surface area contributed by atoms with E-state index in [4.69, 9.17) is 9.47 Å². The van der Waals surface area contributed by atoms with Crippen LogP contribution in [0.5, 0.6) is 0 Å². The van der Waals surface area contributed by atoms with Crippen LogP contribution in [0.1, 0.15) is 64.2 Å². The Morgan fingerprint density at radius 2 is 1.28 bits per heavy atom. The van der Waals surface area contributed by atoms with Crippen LogP contribution >= 0.6 is 27.7 Å². The number of halogens is 1. The second-order valence-electron chi connectivity index (χ2n) is 7.14. The van der Waals surface area contributed by atoms with Crippen molar-refractivity contribution < 1.29 is 19.1 Å². The van der Waals surface area contributed by atoms with Gasteiger partial charge < -0.3 is 9.47 Å². The van der Waals surface area contributed by atoms with Gasteiger partial charge in [-0.05, 0) is 50.5 Å². The topological polar surface area (TPSA) is 52.6 Å². The van der Waals surface area contributed by atoms with Crippen molar-refractivity contribution in [2.75, 3.05) is 31.6 Å². The van der Waals surface area contributed by atoms with Crippen LogP contribution in [-0.4, -0.2) is 43.5 Å². The summed E-state index contributed by atoms with van der Waals surface area (Å²) in [5.41, 5.74) is -0.282. The minimum absolute atomic E-state index is 0.0130. The van der Waals surface area contributed by atoms with Crippen molar-refractivity contribution >= 4 is 39.6 Å². The van der Waals surface area contributed by atoms with Crippen molar-refractivity contribution in [1.29, 1.82) is 0 Å². The van der Waals surface area contributed by atoms with Gasteiger partial charge in [0.15, 0.2) is 0 Å². The Balaban J connectivity index is 0.000000251. The van der Waals surface area contributed by atoms with Gasteiger partial charge in [-0.1, -0.05) is 41.6 Å². The van der Waals surface area contributed by atoms with Crippen LogP contribution in [0, 0.1) is 10.8 Å². The van der Waals surface area contributed by atoms with E-state index in [1.807, 2.05) is 11.8 Å². The van der Waals surface area contributed by atoms with E-state index in [9.17, 15) is 9.59 Å². The van der Waals surface area contributed by atoms with E-state index in [2.05, 4.69) is 22.2 Å². The number of carbonyl (C=O) groups is 2. The van der Waals surface area contributed by atoms with Crippen molar-refractivity contribution in [1.82, 2.24) is 0 Å². The van der Waals surface area contributed by atoms with Gasteiger partial charge >= 0.3 is 11.9 Å². The van der Waals surface area contributed by atoms with Crippen LogP contribution in [0.15, 0.2) is 0 Å². The van der Waals surface area contributed by atoms with Gasteiger partial charge in [-0.15, -0.1) is 0 Å². The zero-order chi connectivity index (χ0) is 18.8. The molecule has 2 aliphatic rings.